The van der Waals surface area contributed by atoms with Gasteiger partial charge in [-0.3, -0.25) is 10.1 Å². The molecule has 20 heavy (non-hydrogen) atoms. The first-order valence-electron chi connectivity index (χ1n) is 5.97. The number of nitro groups is 1. The van der Waals surface area contributed by atoms with Crippen molar-refractivity contribution < 1.29 is 10.0 Å². The van der Waals surface area contributed by atoms with Crippen molar-refractivity contribution in [3.8, 4) is 0 Å². The summed E-state index contributed by atoms with van der Waals surface area (Å²) in [6, 6.07) is 12.9. The van der Waals surface area contributed by atoms with Crippen LogP contribution in [0, 0.1) is 10.1 Å². The van der Waals surface area contributed by atoms with Gasteiger partial charge in [0.25, 0.3) is 5.69 Å². The fourth-order valence-corrected chi connectivity index (χ4v) is 1.94. The fraction of sp³-hybridized carbons (Fsp3) is 0.143. The number of rotatable bonds is 5. The van der Waals surface area contributed by atoms with Crippen molar-refractivity contribution in [1.82, 2.24) is 0 Å². The van der Waals surface area contributed by atoms with Gasteiger partial charge in [-0.15, -0.1) is 0 Å². The number of aliphatic hydroxyl groups excluding tert-OH is 1. The van der Waals surface area contributed by atoms with Crippen molar-refractivity contribution in [2.24, 2.45) is 0 Å². The number of nitro benzene ring substituents is 1. The molecule has 0 aliphatic heterocycles. The van der Waals surface area contributed by atoms with Crippen molar-refractivity contribution in [2.75, 3.05) is 11.9 Å². The Kier molecular flexibility index (Phi) is 4.55. The highest BCUT2D eigenvalue weighted by Gasteiger charge is 2.11. The van der Waals surface area contributed by atoms with E-state index >= 15 is 0 Å². The van der Waals surface area contributed by atoms with Crippen LogP contribution in [-0.2, 0) is 0 Å². The van der Waals surface area contributed by atoms with Crippen molar-refractivity contribution >= 4 is 23.0 Å². The molecule has 2 rings (SSSR count). The summed E-state index contributed by atoms with van der Waals surface area (Å²) < 4.78 is 0. The molecule has 0 radical (unpaired) electrons. The predicted octanol–water partition coefficient (Wildman–Crippen LogP) is 3.39. The average molecular weight is 293 g/mol. The van der Waals surface area contributed by atoms with E-state index in [0.29, 0.717) is 10.7 Å². The van der Waals surface area contributed by atoms with Gasteiger partial charge in [0.1, 0.15) is 0 Å². The van der Waals surface area contributed by atoms with Gasteiger partial charge in [-0.1, -0.05) is 23.7 Å². The largest absolute Gasteiger partial charge is 0.394 e. The second-order valence-corrected chi connectivity index (χ2v) is 4.67. The molecule has 0 amide bonds. The van der Waals surface area contributed by atoms with Crippen LogP contribution in [0.15, 0.2) is 48.5 Å². The molecule has 0 spiro atoms. The molecular formula is C14H13ClN2O3. The monoisotopic (exact) mass is 292 g/mol. The van der Waals surface area contributed by atoms with Crippen LogP contribution in [0.2, 0.25) is 5.02 Å². The van der Waals surface area contributed by atoms with E-state index < -0.39 is 4.92 Å². The molecule has 0 aromatic heterocycles. The van der Waals surface area contributed by atoms with Crippen molar-refractivity contribution in [3.63, 3.8) is 0 Å². The van der Waals surface area contributed by atoms with Gasteiger partial charge in [0.15, 0.2) is 0 Å². The molecule has 2 N–H and O–H groups in total. The number of nitrogens with zero attached hydrogens (tertiary/aromatic N) is 1. The number of nitrogens with one attached hydrogen (secondary N) is 1. The van der Waals surface area contributed by atoms with Gasteiger partial charge in [-0.2, -0.15) is 0 Å². The highest BCUT2D eigenvalue weighted by Crippen LogP contribution is 2.22. The van der Waals surface area contributed by atoms with Gasteiger partial charge in [0.2, 0.25) is 0 Å². The van der Waals surface area contributed by atoms with Crippen LogP contribution in [0.25, 0.3) is 0 Å². The molecule has 0 saturated carbocycles. The van der Waals surface area contributed by atoms with Gasteiger partial charge < -0.3 is 10.4 Å². The standard InChI is InChI=1S/C14H13ClN2O3/c15-11-3-1-10(2-4-11)14(9-18)16-12-5-7-13(8-6-12)17(19)20/h1-8,14,16,18H,9H2. The number of hydrogen-bond acceptors (Lipinski definition) is 4. The fourth-order valence-electron chi connectivity index (χ4n) is 1.81. The summed E-state index contributed by atoms with van der Waals surface area (Å²) in [5.41, 5.74) is 1.61. The third-order valence-electron chi connectivity index (χ3n) is 2.87. The average Bonchev–Trinajstić information content (AvgIpc) is 2.46. The van der Waals surface area contributed by atoms with Crippen molar-refractivity contribution in [3.05, 3.63) is 69.2 Å². The quantitative estimate of drug-likeness (QED) is 0.654. The molecule has 0 heterocycles. The lowest BCUT2D eigenvalue weighted by Crippen LogP contribution is -2.14. The molecular weight excluding hydrogens is 280 g/mol. The van der Waals surface area contributed by atoms with E-state index in [2.05, 4.69) is 5.32 Å². The molecule has 0 fully saturated rings. The maximum atomic E-state index is 10.6. The molecule has 5 nitrogen and oxygen atoms in total. The molecule has 6 heteroatoms. The zero-order valence-electron chi connectivity index (χ0n) is 10.5. The molecule has 0 bridgehead atoms. The number of aliphatic hydroxyl groups is 1. The zero-order valence-corrected chi connectivity index (χ0v) is 11.2. The van der Waals surface area contributed by atoms with E-state index in [1.54, 1.807) is 24.3 Å². The van der Waals surface area contributed by atoms with Gasteiger partial charge in [-0.05, 0) is 29.8 Å². The Hall–Kier alpha value is -2.11. The maximum Gasteiger partial charge on any atom is 0.269 e. The van der Waals surface area contributed by atoms with E-state index in [4.69, 9.17) is 11.6 Å². The summed E-state index contributed by atoms with van der Waals surface area (Å²) >= 11 is 5.82. The van der Waals surface area contributed by atoms with E-state index in [-0.39, 0.29) is 18.3 Å². The summed E-state index contributed by atoms with van der Waals surface area (Å²) in [5, 5.41) is 23.8. The summed E-state index contributed by atoms with van der Waals surface area (Å²) in [5.74, 6) is 0. The van der Waals surface area contributed by atoms with Crippen LogP contribution >= 0.6 is 11.6 Å². The van der Waals surface area contributed by atoms with Gasteiger partial charge >= 0.3 is 0 Å². The lowest BCUT2D eigenvalue weighted by atomic mass is 10.1. The number of hydrogen-bond donors (Lipinski definition) is 2. The molecule has 0 aliphatic carbocycles. The normalized spacial score (nSPS) is 11.9. The number of halogens is 1. The van der Waals surface area contributed by atoms with Crippen molar-refractivity contribution in [2.45, 2.75) is 6.04 Å². The molecule has 2 aromatic rings. The molecule has 1 unspecified atom stereocenters. The highest BCUT2D eigenvalue weighted by atomic mass is 35.5. The minimum atomic E-state index is -0.452. The molecule has 2 aromatic carbocycles. The SMILES string of the molecule is O=[N+]([O-])c1ccc(NC(CO)c2ccc(Cl)cc2)cc1. The Labute approximate surface area is 121 Å². The molecule has 0 saturated heterocycles. The Morgan fingerprint density at radius 3 is 2.25 bits per heavy atom. The first-order chi connectivity index (χ1) is 9.60. The highest BCUT2D eigenvalue weighted by molar-refractivity contribution is 6.30. The van der Waals surface area contributed by atoms with Crippen LogP contribution in [0.5, 0.6) is 0 Å². The van der Waals surface area contributed by atoms with Gasteiger partial charge in [0, 0.05) is 22.8 Å². The minimum absolute atomic E-state index is 0.0302. The predicted molar refractivity (Wildman–Crippen MR) is 78.0 cm³/mol. The Bertz CT molecular complexity index is 584. The summed E-state index contributed by atoms with van der Waals surface area (Å²) in [7, 11) is 0. The minimum Gasteiger partial charge on any atom is -0.394 e. The lowest BCUT2D eigenvalue weighted by Gasteiger charge is -2.18. The second kappa shape index (κ2) is 6.36. The van der Waals surface area contributed by atoms with Crippen LogP contribution in [0.3, 0.4) is 0 Å². The lowest BCUT2D eigenvalue weighted by molar-refractivity contribution is -0.384. The number of anilines is 1. The topological polar surface area (TPSA) is 75.4 Å². The third kappa shape index (κ3) is 3.46. The molecule has 1 atom stereocenters. The van der Waals surface area contributed by atoms with Crippen molar-refractivity contribution in [1.29, 1.82) is 0 Å². The van der Waals surface area contributed by atoms with Gasteiger partial charge in [0.05, 0.1) is 17.6 Å². The summed E-state index contributed by atoms with van der Waals surface area (Å²) in [6.07, 6.45) is 0. The first-order valence-corrected chi connectivity index (χ1v) is 6.35. The smallest absolute Gasteiger partial charge is 0.269 e. The van der Waals surface area contributed by atoms with Crippen LogP contribution in [-0.4, -0.2) is 16.6 Å². The Morgan fingerprint density at radius 1 is 1.15 bits per heavy atom. The summed E-state index contributed by atoms with van der Waals surface area (Å²) in [4.78, 5) is 10.1. The third-order valence-corrected chi connectivity index (χ3v) is 3.13. The van der Waals surface area contributed by atoms with Crippen LogP contribution in [0.1, 0.15) is 11.6 Å². The Balaban J connectivity index is 2.13. The van der Waals surface area contributed by atoms with E-state index in [1.165, 1.54) is 12.1 Å². The van der Waals surface area contributed by atoms with E-state index in [0.717, 1.165) is 5.56 Å². The van der Waals surface area contributed by atoms with Gasteiger partial charge in [-0.25, -0.2) is 0 Å². The molecule has 104 valence electrons. The van der Waals surface area contributed by atoms with E-state index in [1.807, 2.05) is 12.1 Å². The van der Waals surface area contributed by atoms with Crippen LogP contribution in [0.4, 0.5) is 11.4 Å². The van der Waals surface area contributed by atoms with E-state index in [9.17, 15) is 15.2 Å². The summed E-state index contributed by atoms with van der Waals surface area (Å²) in [6.45, 7) is -0.0986. The maximum absolute atomic E-state index is 10.6. The second-order valence-electron chi connectivity index (χ2n) is 4.24. The number of benzene rings is 2. The van der Waals surface area contributed by atoms with Crippen LogP contribution < -0.4 is 5.32 Å². The number of non-ortho nitro benzene ring substituents is 1. The Morgan fingerprint density at radius 2 is 1.75 bits per heavy atom. The first kappa shape index (κ1) is 14.3. The zero-order chi connectivity index (χ0) is 14.5. The molecule has 0 aliphatic rings.